The van der Waals surface area contributed by atoms with Gasteiger partial charge >= 0.3 is 39.5 Å². The van der Waals surface area contributed by atoms with Gasteiger partial charge in [0.1, 0.15) is 19.3 Å². The van der Waals surface area contributed by atoms with Crippen LogP contribution in [0, 0.1) is 0 Å². The largest absolute Gasteiger partial charge is 0.472 e. The van der Waals surface area contributed by atoms with Gasteiger partial charge < -0.3 is 33.8 Å². The van der Waals surface area contributed by atoms with Gasteiger partial charge in [-0.2, -0.15) is 0 Å². The number of carbonyl (C=O) groups excluding carboxylic acids is 4. The topological polar surface area (TPSA) is 237 Å². The van der Waals surface area contributed by atoms with Crippen molar-refractivity contribution in [3.05, 3.63) is 85.1 Å². The summed E-state index contributed by atoms with van der Waals surface area (Å²) in [5.41, 5.74) is 0. The molecule has 0 aliphatic heterocycles. The standard InChI is InChI=1S/C81H144O17P2/c1-5-9-13-17-21-25-29-33-36-37-40-43-46-50-54-58-62-66-79(84)92-72-77(98-81(86)68-64-60-56-52-48-44-39-35-31-27-23-19-15-11-7-3)74-96-100(89,90)94-70-75(82)69-93-99(87,88)95-73-76(97-80(85)67-63-59-55-51-47-41-32-28-24-20-16-12-8-4)71-91-78(83)65-61-57-53-49-45-42-38-34-30-26-22-18-14-10-6-2/h9-10,13-14,21-22,25-26,28,32-34,36,38,75-77,82H,5-8,11-12,15-20,23-24,27,29-31,35,37,39-74H2,1-4H3,(H,87,88)(H,89,90)/b13-9-,14-10-,25-21-,26-22-,32-28-,36-33-,38-34-. The average molecular weight is 1450 g/mol. The Morgan fingerprint density at radius 1 is 0.290 bits per heavy atom. The van der Waals surface area contributed by atoms with Crippen LogP contribution in [0.4, 0.5) is 0 Å². The number of ether oxygens (including phenoxy) is 4. The molecule has 0 aliphatic rings. The van der Waals surface area contributed by atoms with Crippen LogP contribution in [0.1, 0.15) is 349 Å². The number of hydrogen-bond donors (Lipinski definition) is 3. The first-order valence-corrected chi connectivity index (χ1v) is 42.8. The Balaban J connectivity index is 5.34. The van der Waals surface area contributed by atoms with Crippen LogP contribution in [-0.4, -0.2) is 96.7 Å². The number of aliphatic hydroxyl groups is 1. The van der Waals surface area contributed by atoms with Gasteiger partial charge in [-0.1, -0.05) is 293 Å². The van der Waals surface area contributed by atoms with Crippen LogP contribution >= 0.6 is 15.6 Å². The van der Waals surface area contributed by atoms with E-state index in [1.165, 1.54) is 89.9 Å². The summed E-state index contributed by atoms with van der Waals surface area (Å²) in [6, 6.07) is 0. The predicted molar refractivity (Wildman–Crippen MR) is 409 cm³/mol. The number of hydrogen-bond acceptors (Lipinski definition) is 15. The van der Waals surface area contributed by atoms with Crippen molar-refractivity contribution in [2.24, 2.45) is 0 Å². The molecule has 3 N–H and O–H groups in total. The van der Waals surface area contributed by atoms with E-state index in [-0.39, 0.29) is 25.7 Å². The predicted octanol–water partition coefficient (Wildman–Crippen LogP) is 23.0. The molecule has 0 bridgehead atoms. The van der Waals surface area contributed by atoms with Crippen molar-refractivity contribution in [3.8, 4) is 0 Å². The summed E-state index contributed by atoms with van der Waals surface area (Å²) in [4.78, 5) is 73.0. The highest BCUT2D eigenvalue weighted by atomic mass is 31.2. The van der Waals surface area contributed by atoms with Crippen molar-refractivity contribution < 1.29 is 80.2 Å². The second kappa shape index (κ2) is 73.5. The number of phosphoric acid groups is 2. The average Bonchev–Trinajstić information content (AvgIpc) is 1.06. The number of allylic oxidation sites excluding steroid dienone is 14. The Bertz CT molecular complexity index is 2230. The molecule has 0 rings (SSSR count). The lowest BCUT2D eigenvalue weighted by atomic mass is 10.0. The molecular weight excluding hydrogens is 1310 g/mol. The molecule has 0 amide bonds. The van der Waals surface area contributed by atoms with Gasteiger partial charge in [-0.15, -0.1) is 0 Å². The second-order valence-electron chi connectivity index (χ2n) is 26.6. The number of phosphoric ester groups is 2. The molecule has 19 heteroatoms. The number of carbonyl (C=O) groups is 4. The smallest absolute Gasteiger partial charge is 0.462 e. The highest BCUT2D eigenvalue weighted by Gasteiger charge is 2.30. The number of aliphatic hydroxyl groups excluding tert-OH is 1. The van der Waals surface area contributed by atoms with Crippen LogP contribution in [0.15, 0.2) is 85.1 Å². The summed E-state index contributed by atoms with van der Waals surface area (Å²) in [5, 5.41) is 10.6. The van der Waals surface area contributed by atoms with Crippen molar-refractivity contribution >= 4 is 39.5 Å². The first kappa shape index (κ1) is 96.2. The Kier molecular flexibility index (Phi) is 70.8. The maximum Gasteiger partial charge on any atom is 0.472 e. The molecule has 0 aromatic carbocycles. The lowest BCUT2D eigenvalue weighted by molar-refractivity contribution is -0.161. The van der Waals surface area contributed by atoms with Gasteiger partial charge in [0.25, 0.3) is 0 Å². The minimum Gasteiger partial charge on any atom is -0.462 e. The first-order valence-electron chi connectivity index (χ1n) is 39.8. The van der Waals surface area contributed by atoms with Crippen LogP contribution in [-0.2, 0) is 65.4 Å². The third kappa shape index (κ3) is 72.6. The van der Waals surface area contributed by atoms with E-state index >= 15 is 0 Å². The van der Waals surface area contributed by atoms with Gasteiger partial charge in [0, 0.05) is 25.7 Å². The van der Waals surface area contributed by atoms with E-state index in [1.807, 2.05) is 0 Å². The lowest BCUT2D eigenvalue weighted by Gasteiger charge is -2.21. The molecule has 0 radical (unpaired) electrons. The van der Waals surface area contributed by atoms with Gasteiger partial charge in [0.2, 0.25) is 0 Å². The fraction of sp³-hybridized carbons (Fsp3) is 0.778. The fourth-order valence-electron chi connectivity index (χ4n) is 10.8. The Hall–Kier alpha value is -3.76. The van der Waals surface area contributed by atoms with Crippen molar-refractivity contribution in [1.82, 2.24) is 0 Å². The summed E-state index contributed by atoms with van der Waals surface area (Å²) >= 11 is 0. The monoisotopic (exact) mass is 1450 g/mol. The van der Waals surface area contributed by atoms with Crippen molar-refractivity contribution in [1.29, 1.82) is 0 Å². The summed E-state index contributed by atoms with van der Waals surface area (Å²) < 4.78 is 68.6. The minimum atomic E-state index is -4.98. The number of unbranched alkanes of at least 4 members (excludes halogenated alkanes) is 35. The van der Waals surface area contributed by atoms with E-state index < -0.39 is 97.5 Å². The maximum atomic E-state index is 13.1. The summed E-state index contributed by atoms with van der Waals surface area (Å²) in [6.07, 6.45) is 75.6. The molecular formula is C81H144O17P2. The van der Waals surface area contributed by atoms with Crippen LogP contribution in [0.2, 0.25) is 0 Å². The van der Waals surface area contributed by atoms with Crippen LogP contribution in [0.5, 0.6) is 0 Å². The molecule has 580 valence electrons. The zero-order chi connectivity index (χ0) is 73.2. The van der Waals surface area contributed by atoms with E-state index in [0.29, 0.717) is 25.7 Å². The minimum absolute atomic E-state index is 0.0827. The zero-order valence-electron chi connectivity index (χ0n) is 63.4. The third-order valence-corrected chi connectivity index (χ3v) is 18.8. The molecule has 0 aliphatic carbocycles. The maximum absolute atomic E-state index is 13.1. The molecule has 0 saturated carbocycles. The van der Waals surface area contributed by atoms with Gasteiger partial charge in [0.15, 0.2) is 12.2 Å². The highest BCUT2D eigenvalue weighted by Crippen LogP contribution is 2.45. The Morgan fingerprint density at radius 3 is 0.820 bits per heavy atom. The molecule has 0 spiro atoms. The molecule has 0 heterocycles. The van der Waals surface area contributed by atoms with Crippen LogP contribution < -0.4 is 0 Å². The first-order chi connectivity index (χ1) is 48.7. The zero-order valence-corrected chi connectivity index (χ0v) is 65.2. The van der Waals surface area contributed by atoms with Gasteiger partial charge in [-0.05, 0) is 116 Å². The number of esters is 4. The van der Waals surface area contributed by atoms with E-state index in [1.54, 1.807) is 0 Å². The number of rotatable bonds is 75. The van der Waals surface area contributed by atoms with Crippen molar-refractivity contribution in [3.63, 3.8) is 0 Å². The highest BCUT2D eigenvalue weighted by molar-refractivity contribution is 7.47. The fourth-order valence-corrected chi connectivity index (χ4v) is 12.4. The van der Waals surface area contributed by atoms with E-state index in [9.17, 15) is 43.2 Å². The van der Waals surface area contributed by atoms with E-state index in [4.69, 9.17) is 37.0 Å². The summed E-state index contributed by atoms with van der Waals surface area (Å²) in [5.74, 6) is -2.19. The molecule has 0 aromatic heterocycles. The van der Waals surface area contributed by atoms with E-state index in [2.05, 4.69) is 113 Å². The molecule has 17 nitrogen and oxygen atoms in total. The molecule has 0 aromatic rings. The normalized spacial score (nSPS) is 14.3. The molecule has 0 saturated heterocycles. The van der Waals surface area contributed by atoms with Crippen LogP contribution in [0.25, 0.3) is 0 Å². The van der Waals surface area contributed by atoms with Gasteiger partial charge in [0.05, 0.1) is 26.4 Å². The van der Waals surface area contributed by atoms with Gasteiger partial charge in [-0.25, -0.2) is 9.13 Å². The molecule has 100 heavy (non-hydrogen) atoms. The molecule has 0 fully saturated rings. The van der Waals surface area contributed by atoms with Crippen molar-refractivity contribution in [2.75, 3.05) is 39.6 Å². The molecule has 5 unspecified atom stereocenters. The quantitative estimate of drug-likeness (QED) is 0.0169. The summed E-state index contributed by atoms with van der Waals surface area (Å²) in [6.45, 7) is 4.66. The Morgan fingerprint density at radius 2 is 0.520 bits per heavy atom. The van der Waals surface area contributed by atoms with E-state index in [0.717, 1.165) is 180 Å². The third-order valence-electron chi connectivity index (χ3n) is 16.9. The van der Waals surface area contributed by atoms with Gasteiger partial charge in [-0.3, -0.25) is 37.3 Å². The summed E-state index contributed by atoms with van der Waals surface area (Å²) in [7, 11) is -9.95. The SMILES string of the molecule is CC/C=C\C/C=C\C/C=C\CCCCCCCCCC(=O)OCC(COP(=O)(O)OCC(O)COP(=O)(O)OCC(COC(=O)CCCCCCC/C=C\C/C=C\C/C=C\CC)OC(=O)CCCCCCC/C=C\CCCCCC)OC(=O)CCCCCCCCCCCCCCCCC. The lowest BCUT2D eigenvalue weighted by Crippen LogP contribution is -2.30. The van der Waals surface area contributed by atoms with Crippen LogP contribution in [0.3, 0.4) is 0 Å². The van der Waals surface area contributed by atoms with Crippen molar-refractivity contribution in [2.45, 2.75) is 367 Å². The molecule has 5 atom stereocenters. The second-order valence-corrected chi connectivity index (χ2v) is 29.5. The Labute approximate surface area is 608 Å².